The Hall–Kier alpha value is -1.88. The van der Waals surface area contributed by atoms with Crippen LogP contribution in [0.1, 0.15) is 31.9 Å². The number of carbonyl (C=O) groups excluding carboxylic acids is 2. The molecule has 5 heteroatoms. The van der Waals surface area contributed by atoms with Gasteiger partial charge in [-0.3, -0.25) is 9.59 Å². The lowest BCUT2D eigenvalue weighted by atomic mass is 9.96. The molecule has 0 aliphatic heterocycles. The second kappa shape index (κ2) is 7.94. The number of hydrogen-bond acceptors (Lipinski definition) is 3. The van der Waals surface area contributed by atoms with Gasteiger partial charge in [0.1, 0.15) is 0 Å². The Balaban J connectivity index is 2.49. The van der Waals surface area contributed by atoms with Gasteiger partial charge in [0.25, 0.3) is 0 Å². The topological polar surface area (TPSA) is 61.4 Å². The highest BCUT2D eigenvalue weighted by atomic mass is 16.2. The number of hydrogen-bond donors (Lipinski definition) is 2. The second-order valence-corrected chi connectivity index (χ2v) is 6.72. The molecule has 0 radical (unpaired) electrons. The summed E-state index contributed by atoms with van der Waals surface area (Å²) in [4.78, 5) is 25.7. The van der Waals surface area contributed by atoms with Gasteiger partial charge >= 0.3 is 0 Å². The van der Waals surface area contributed by atoms with Crippen LogP contribution in [0.25, 0.3) is 0 Å². The molecule has 0 unspecified atom stereocenters. The molecule has 0 bridgehead atoms. The summed E-state index contributed by atoms with van der Waals surface area (Å²) >= 11 is 0. The van der Waals surface area contributed by atoms with Gasteiger partial charge in [-0.1, -0.05) is 45.0 Å². The highest BCUT2D eigenvalue weighted by Gasteiger charge is 2.21. The van der Waals surface area contributed by atoms with Gasteiger partial charge in [0, 0.05) is 18.5 Å². The summed E-state index contributed by atoms with van der Waals surface area (Å²) in [5.41, 5.74) is 1.79. The maximum Gasteiger partial charge on any atom is 0.239 e. The summed E-state index contributed by atoms with van der Waals surface area (Å²) in [6.45, 7) is 6.75. The third kappa shape index (κ3) is 6.26. The Morgan fingerprint density at radius 2 is 1.64 bits per heavy atom. The zero-order valence-corrected chi connectivity index (χ0v) is 14.2. The van der Waals surface area contributed by atoms with E-state index in [9.17, 15) is 9.59 Å². The van der Waals surface area contributed by atoms with E-state index >= 15 is 0 Å². The molecule has 0 heterocycles. The third-order valence-corrected chi connectivity index (χ3v) is 3.17. The fourth-order valence-corrected chi connectivity index (χ4v) is 1.91. The molecule has 1 rings (SSSR count). The van der Waals surface area contributed by atoms with Gasteiger partial charge in [-0.15, -0.1) is 0 Å². The smallest absolute Gasteiger partial charge is 0.239 e. The lowest BCUT2D eigenvalue weighted by Gasteiger charge is -2.18. The second-order valence-electron chi connectivity index (χ2n) is 6.72. The molecule has 0 fully saturated rings. The van der Waals surface area contributed by atoms with Crippen molar-refractivity contribution in [3.8, 4) is 0 Å². The Morgan fingerprint density at radius 1 is 1.05 bits per heavy atom. The summed E-state index contributed by atoms with van der Waals surface area (Å²) < 4.78 is 0. The van der Waals surface area contributed by atoms with E-state index in [2.05, 4.69) is 21.6 Å². The number of nitrogens with one attached hydrogen (secondary N) is 2. The van der Waals surface area contributed by atoms with E-state index in [1.54, 1.807) is 0 Å². The number of rotatable bonds is 6. The zero-order valence-electron chi connectivity index (χ0n) is 14.2. The highest BCUT2D eigenvalue weighted by Crippen LogP contribution is 2.12. The lowest BCUT2D eigenvalue weighted by molar-refractivity contribution is -0.131. The van der Waals surface area contributed by atoms with Gasteiger partial charge in [0.05, 0.1) is 6.54 Å². The monoisotopic (exact) mass is 305 g/mol. The van der Waals surface area contributed by atoms with Crippen molar-refractivity contribution in [2.24, 2.45) is 5.41 Å². The molecule has 0 spiro atoms. The molecule has 1 aromatic carbocycles. The summed E-state index contributed by atoms with van der Waals surface area (Å²) in [6, 6.07) is 8.02. The summed E-state index contributed by atoms with van der Waals surface area (Å²) in [5.74, 6) is -0.312. The van der Waals surface area contributed by atoms with E-state index in [1.807, 2.05) is 53.1 Å². The van der Waals surface area contributed by atoms with E-state index in [1.165, 1.54) is 5.56 Å². The molecule has 122 valence electrons. The van der Waals surface area contributed by atoms with E-state index in [0.29, 0.717) is 6.54 Å². The first kappa shape index (κ1) is 18.2. The average Bonchev–Trinajstić information content (AvgIpc) is 2.42. The molecule has 1 aromatic rings. The summed E-state index contributed by atoms with van der Waals surface area (Å²) in [6.07, 6.45) is 0. The van der Waals surface area contributed by atoms with Gasteiger partial charge < -0.3 is 15.5 Å². The van der Waals surface area contributed by atoms with Crippen molar-refractivity contribution in [3.63, 3.8) is 0 Å². The zero-order chi connectivity index (χ0) is 16.8. The standard InChI is InChI=1S/C17H27N3O2/c1-17(2,3)16(22)19-11-15(21)18-10-13-8-6-7-9-14(13)12-20(4)5/h6-9H,10-12H2,1-5H3,(H,18,21)(H,19,22). The molecule has 0 saturated heterocycles. The largest absolute Gasteiger partial charge is 0.350 e. The predicted octanol–water partition coefficient (Wildman–Crippen LogP) is 1.53. The van der Waals surface area contributed by atoms with Crippen molar-refractivity contribution in [2.75, 3.05) is 20.6 Å². The quantitative estimate of drug-likeness (QED) is 0.838. The Labute approximate surface area is 133 Å². The van der Waals surface area contributed by atoms with Crippen LogP contribution < -0.4 is 10.6 Å². The van der Waals surface area contributed by atoms with Gasteiger partial charge in [-0.05, 0) is 25.2 Å². The first-order chi connectivity index (χ1) is 10.2. The van der Waals surface area contributed by atoms with Gasteiger partial charge in [-0.25, -0.2) is 0 Å². The Bertz CT molecular complexity index is 519. The molecule has 2 N–H and O–H groups in total. The van der Waals surface area contributed by atoms with Gasteiger partial charge in [0.2, 0.25) is 11.8 Å². The maximum absolute atomic E-state index is 11.8. The Morgan fingerprint density at radius 3 is 2.18 bits per heavy atom. The van der Waals surface area contributed by atoms with Crippen molar-refractivity contribution >= 4 is 11.8 Å². The molecular weight excluding hydrogens is 278 g/mol. The lowest BCUT2D eigenvalue weighted by Crippen LogP contribution is -2.41. The number of carbonyl (C=O) groups is 2. The normalized spacial score (nSPS) is 11.4. The molecule has 2 amide bonds. The molecule has 5 nitrogen and oxygen atoms in total. The number of nitrogens with zero attached hydrogens (tertiary/aromatic N) is 1. The molecule has 22 heavy (non-hydrogen) atoms. The van der Waals surface area contributed by atoms with E-state index in [0.717, 1.165) is 12.1 Å². The summed E-state index contributed by atoms with van der Waals surface area (Å²) in [7, 11) is 4.02. The van der Waals surface area contributed by atoms with Crippen molar-refractivity contribution < 1.29 is 9.59 Å². The van der Waals surface area contributed by atoms with Crippen LogP contribution in [0.3, 0.4) is 0 Å². The average molecular weight is 305 g/mol. The molecule has 0 aliphatic rings. The molecular formula is C17H27N3O2. The van der Waals surface area contributed by atoms with E-state index < -0.39 is 5.41 Å². The van der Waals surface area contributed by atoms with Crippen LogP contribution in [0.4, 0.5) is 0 Å². The van der Waals surface area contributed by atoms with Crippen LogP contribution in [0, 0.1) is 5.41 Å². The summed E-state index contributed by atoms with van der Waals surface area (Å²) in [5, 5.41) is 5.49. The van der Waals surface area contributed by atoms with Crippen LogP contribution in [0.15, 0.2) is 24.3 Å². The number of benzene rings is 1. The van der Waals surface area contributed by atoms with E-state index in [-0.39, 0.29) is 18.4 Å². The SMILES string of the molecule is CN(C)Cc1ccccc1CNC(=O)CNC(=O)C(C)(C)C. The third-order valence-electron chi connectivity index (χ3n) is 3.17. The fraction of sp³-hybridized carbons (Fsp3) is 0.529. The maximum atomic E-state index is 11.8. The van der Waals surface area contributed by atoms with Crippen LogP contribution in [-0.2, 0) is 22.7 Å². The van der Waals surface area contributed by atoms with Crippen molar-refractivity contribution in [2.45, 2.75) is 33.9 Å². The first-order valence-corrected chi connectivity index (χ1v) is 7.46. The van der Waals surface area contributed by atoms with Crippen LogP contribution >= 0.6 is 0 Å². The van der Waals surface area contributed by atoms with Gasteiger partial charge in [0.15, 0.2) is 0 Å². The fourth-order valence-electron chi connectivity index (χ4n) is 1.91. The van der Waals surface area contributed by atoms with Crippen LogP contribution in [0.2, 0.25) is 0 Å². The molecule has 0 aromatic heterocycles. The predicted molar refractivity (Wildman–Crippen MR) is 88.1 cm³/mol. The minimum absolute atomic E-state index is 0.00590. The molecule has 0 aliphatic carbocycles. The van der Waals surface area contributed by atoms with E-state index in [4.69, 9.17) is 0 Å². The number of amides is 2. The van der Waals surface area contributed by atoms with Crippen molar-refractivity contribution in [3.05, 3.63) is 35.4 Å². The highest BCUT2D eigenvalue weighted by molar-refractivity contribution is 5.87. The first-order valence-electron chi connectivity index (χ1n) is 7.46. The minimum Gasteiger partial charge on any atom is -0.350 e. The van der Waals surface area contributed by atoms with Crippen LogP contribution in [-0.4, -0.2) is 37.4 Å². The van der Waals surface area contributed by atoms with Crippen LogP contribution in [0.5, 0.6) is 0 Å². The minimum atomic E-state index is -0.488. The van der Waals surface area contributed by atoms with Crippen molar-refractivity contribution in [1.29, 1.82) is 0 Å². The van der Waals surface area contributed by atoms with Gasteiger partial charge in [-0.2, -0.15) is 0 Å². The molecule has 0 saturated carbocycles. The Kier molecular flexibility index (Phi) is 6.56. The van der Waals surface area contributed by atoms with Crippen molar-refractivity contribution in [1.82, 2.24) is 15.5 Å². The molecule has 0 atom stereocenters.